The van der Waals surface area contributed by atoms with Crippen LogP contribution in [0.4, 0.5) is 15.9 Å². The molecule has 2 saturated heterocycles. The Morgan fingerprint density at radius 2 is 1.68 bits per heavy atom. The second kappa shape index (κ2) is 13.1. The number of nitro benzene ring substituents is 1. The summed E-state index contributed by atoms with van der Waals surface area (Å²) < 4.78 is 13.4. The summed E-state index contributed by atoms with van der Waals surface area (Å²) in [6.07, 6.45) is 3.70. The number of piperazine rings is 1. The van der Waals surface area contributed by atoms with E-state index in [1.54, 1.807) is 24.3 Å². The average Bonchev–Trinajstić information content (AvgIpc) is 2.98. The van der Waals surface area contributed by atoms with Gasteiger partial charge in [0.25, 0.3) is 11.6 Å². The lowest BCUT2D eigenvalue weighted by atomic mass is 10.0. The van der Waals surface area contributed by atoms with Crippen LogP contribution in [0.5, 0.6) is 0 Å². The summed E-state index contributed by atoms with van der Waals surface area (Å²) in [5, 5.41) is 14.1. The van der Waals surface area contributed by atoms with E-state index in [1.807, 2.05) is 12.1 Å². The minimum absolute atomic E-state index is 0. The maximum absolute atomic E-state index is 13.4. The Balaban J connectivity index is 0.00000405. The SMILES string of the molecule is O=C(NCc1ccc(F)c(Cl)c1)c1cnc(N2CCN(C3CCN(Cc4ccc([N+](=O)[O-])cc4)CC3)CC2)c(Cl)c1.[HH]. The van der Waals surface area contributed by atoms with Crippen LogP contribution in [0.2, 0.25) is 10.0 Å². The summed E-state index contributed by atoms with van der Waals surface area (Å²) in [5.41, 5.74) is 2.25. The third-order valence-corrected chi connectivity index (χ3v) is 8.33. The number of hydrogen-bond donors (Lipinski definition) is 1. The van der Waals surface area contributed by atoms with Crippen LogP contribution in [-0.2, 0) is 13.1 Å². The van der Waals surface area contributed by atoms with E-state index in [0.29, 0.717) is 28.0 Å². The second-order valence-electron chi connectivity index (χ2n) is 10.4. The van der Waals surface area contributed by atoms with Gasteiger partial charge in [-0.05, 0) is 55.3 Å². The van der Waals surface area contributed by atoms with Crippen LogP contribution in [0.3, 0.4) is 0 Å². The van der Waals surface area contributed by atoms with E-state index < -0.39 is 5.82 Å². The lowest BCUT2D eigenvalue weighted by Crippen LogP contribution is -2.53. The fourth-order valence-corrected chi connectivity index (χ4v) is 5.93. The smallest absolute Gasteiger partial charge is 0.269 e. The third-order valence-electron chi connectivity index (χ3n) is 7.76. The van der Waals surface area contributed by atoms with E-state index in [1.165, 1.54) is 18.3 Å². The number of non-ortho nitro benzene ring substituents is 1. The van der Waals surface area contributed by atoms with Crippen molar-refractivity contribution < 1.29 is 15.5 Å². The highest BCUT2D eigenvalue weighted by Gasteiger charge is 2.28. The zero-order valence-corrected chi connectivity index (χ0v) is 24.0. The Morgan fingerprint density at radius 1 is 1.00 bits per heavy atom. The molecule has 0 unspecified atom stereocenters. The molecule has 0 radical (unpaired) electrons. The van der Waals surface area contributed by atoms with Crippen LogP contribution < -0.4 is 10.2 Å². The number of likely N-dealkylation sites (tertiary alicyclic amines) is 1. The summed E-state index contributed by atoms with van der Waals surface area (Å²) >= 11 is 12.4. The quantitative estimate of drug-likeness (QED) is 0.272. The van der Waals surface area contributed by atoms with Gasteiger partial charge in [-0.15, -0.1) is 0 Å². The molecule has 2 aromatic carbocycles. The van der Waals surface area contributed by atoms with Gasteiger partial charge in [0.05, 0.1) is 20.5 Å². The van der Waals surface area contributed by atoms with Crippen molar-refractivity contribution in [3.63, 3.8) is 0 Å². The van der Waals surface area contributed by atoms with E-state index in [9.17, 15) is 19.3 Å². The van der Waals surface area contributed by atoms with Gasteiger partial charge in [-0.25, -0.2) is 9.37 Å². The number of piperidine rings is 1. The molecule has 1 aromatic heterocycles. The molecule has 0 bridgehead atoms. The first-order chi connectivity index (χ1) is 19.8. The molecule has 5 rings (SSSR count). The van der Waals surface area contributed by atoms with Gasteiger partial charge in [-0.2, -0.15) is 0 Å². The molecule has 2 aliphatic rings. The summed E-state index contributed by atoms with van der Waals surface area (Å²) in [7, 11) is 0. The van der Waals surface area contributed by atoms with Crippen LogP contribution in [0.1, 0.15) is 35.8 Å². The van der Waals surface area contributed by atoms with Crippen LogP contribution in [0, 0.1) is 15.9 Å². The number of nitro groups is 1. The summed E-state index contributed by atoms with van der Waals surface area (Å²) in [6, 6.07) is 13.3. The Morgan fingerprint density at radius 3 is 2.32 bits per heavy atom. The number of halogens is 3. The largest absolute Gasteiger partial charge is 0.353 e. The van der Waals surface area contributed by atoms with Crippen LogP contribution >= 0.6 is 23.2 Å². The van der Waals surface area contributed by atoms with Gasteiger partial charge < -0.3 is 10.2 Å². The predicted octanol–water partition coefficient (Wildman–Crippen LogP) is 5.40. The Hall–Kier alpha value is -3.31. The number of rotatable bonds is 8. The van der Waals surface area contributed by atoms with Gasteiger partial charge in [-0.1, -0.05) is 41.4 Å². The zero-order valence-electron chi connectivity index (χ0n) is 22.4. The van der Waals surface area contributed by atoms with E-state index in [-0.39, 0.29) is 29.5 Å². The first-order valence-electron chi connectivity index (χ1n) is 13.6. The molecule has 2 fully saturated rings. The maximum Gasteiger partial charge on any atom is 0.269 e. The number of hydrogen-bond acceptors (Lipinski definition) is 7. The van der Waals surface area contributed by atoms with Crippen molar-refractivity contribution in [1.82, 2.24) is 20.1 Å². The lowest BCUT2D eigenvalue weighted by molar-refractivity contribution is -0.384. The number of nitrogens with one attached hydrogen (secondary N) is 1. The molecule has 1 N–H and O–H groups in total. The van der Waals surface area contributed by atoms with Crippen molar-refractivity contribution in [1.29, 1.82) is 0 Å². The Kier molecular flexibility index (Phi) is 9.34. The van der Waals surface area contributed by atoms with Gasteiger partial charge in [0, 0.05) is 65.1 Å². The highest BCUT2D eigenvalue weighted by atomic mass is 35.5. The third kappa shape index (κ3) is 7.32. The molecule has 3 aromatic rings. The molecule has 218 valence electrons. The number of carbonyl (C=O) groups excluding carboxylic acids is 1. The highest BCUT2D eigenvalue weighted by Crippen LogP contribution is 2.27. The molecule has 9 nitrogen and oxygen atoms in total. The van der Waals surface area contributed by atoms with Crippen molar-refractivity contribution in [2.24, 2.45) is 0 Å². The summed E-state index contributed by atoms with van der Waals surface area (Å²) in [5.74, 6) is -0.154. The Labute approximate surface area is 249 Å². The fourth-order valence-electron chi connectivity index (χ4n) is 5.44. The number of aromatic nitrogens is 1. The maximum atomic E-state index is 13.4. The topological polar surface area (TPSA) is 94.9 Å². The summed E-state index contributed by atoms with van der Waals surface area (Å²) in [4.78, 5) is 34.7. The van der Waals surface area contributed by atoms with Gasteiger partial charge >= 0.3 is 0 Å². The standard InChI is InChI=1S/C29H31Cl2FN6O3.H2/c30-25-15-21(3-6-27(25)32)17-34-29(39)22-16-26(31)28(33-18-22)37-13-11-36(12-14-37)23-7-9-35(10-8-23)19-20-1-4-24(5-2-20)38(40)41;/h1-6,15-16,18,23H,7-14,17,19H2,(H,34,39);1H. The van der Waals surface area contributed by atoms with Gasteiger partial charge in [0.2, 0.25) is 0 Å². The minimum Gasteiger partial charge on any atom is -0.353 e. The fraction of sp³-hybridized carbons (Fsp3) is 0.379. The molecule has 3 heterocycles. The molecule has 0 spiro atoms. The Bertz CT molecular complexity index is 1400. The van der Waals surface area contributed by atoms with Crippen LogP contribution in [0.25, 0.3) is 0 Å². The van der Waals surface area contributed by atoms with Crippen molar-refractivity contribution in [2.45, 2.75) is 32.0 Å². The molecule has 0 aliphatic carbocycles. The monoisotopic (exact) mass is 602 g/mol. The number of carbonyl (C=O) groups is 1. The van der Waals surface area contributed by atoms with E-state index in [4.69, 9.17) is 23.2 Å². The molecule has 12 heteroatoms. The number of amides is 1. The molecule has 2 aliphatic heterocycles. The van der Waals surface area contributed by atoms with E-state index in [0.717, 1.165) is 64.2 Å². The molecule has 41 heavy (non-hydrogen) atoms. The van der Waals surface area contributed by atoms with Crippen LogP contribution in [0.15, 0.2) is 54.7 Å². The first kappa shape index (κ1) is 29.2. The first-order valence-corrected chi connectivity index (χ1v) is 14.3. The lowest BCUT2D eigenvalue weighted by Gasteiger charge is -2.43. The molecule has 0 atom stereocenters. The minimum atomic E-state index is -0.503. The number of anilines is 1. The highest BCUT2D eigenvalue weighted by molar-refractivity contribution is 6.33. The molecular weight excluding hydrogens is 570 g/mol. The predicted molar refractivity (Wildman–Crippen MR) is 159 cm³/mol. The molecule has 1 amide bonds. The van der Waals surface area contributed by atoms with Crippen molar-refractivity contribution in [3.05, 3.63) is 97.4 Å². The average molecular weight is 604 g/mol. The number of nitrogens with zero attached hydrogens (tertiary/aromatic N) is 5. The summed E-state index contributed by atoms with van der Waals surface area (Å²) in [6.45, 7) is 6.41. The van der Waals surface area contributed by atoms with Crippen LogP contribution in [-0.4, -0.2) is 70.9 Å². The van der Waals surface area contributed by atoms with Crippen molar-refractivity contribution in [3.8, 4) is 0 Å². The van der Waals surface area contributed by atoms with Gasteiger partial charge in [0.1, 0.15) is 11.6 Å². The van der Waals surface area contributed by atoms with Crippen molar-refractivity contribution >= 4 is 40.6 Å². The van der Waals surface area contributed by atoms with E-state index >= 15 is 0 Å². The second-order valence-corrected chi connectivity index (χ2v) is 11.2. The number of benzene rings is 2. The normalized spacial score (nSPS) is 17.0. The zero-order chi connectivity index (χ0) is 28.9. The molecule has 0 saturated carbocycles. The number of pyridine rings is 1. The molecular formula is C29H33Cl2FN6O3. The van der Waals surface area contributed by atoms with Gasteiger partial charge in [-0.3, -0.25) is 24.7 Å². The van der Waals surface area contributed by atoms with Gasteiger partial charge in [0.15, 0.2) is 0 Å². The van der Waals surface area contributed by atoms with Crippen molar-refractivity contribution in [2.75, 3.05) is 44.2 Å². The van der Waals surface area contributed by atoms with E-state index in [2.05, 4.69) is 25.0 Å².